The molecule has 0 bridgehead atoms. The number of aromatic nitrogens is 1. The van der Waals surface area contributed by atoms with Crippen LogP contribution in [-0.2, 0) is 24.3 Å². The standard InChI is InChI=1S/C26H25N3O3S/c1-17-22(15-28-25(31)11-8-19-6-4-3-5-7-19)21-12-13-29(16-20(21)14-27-17)26(32)24-10-9-23(33-24)18(2)30/h3-11,14H,12-13,15-16H2,1-2H3,(H,28,31). The van der Waals surface area contributed by atoms with Crippen molar-refractivity contribution in [3.63, 3.8) is 0 Å². The van der Waals surface area contributed by atoms with E-state index in [1.807, 2.05) is 43.5 Å². The molecule has 0 unspecified atom stereocenters. The van der Waals surface area contributed by atoms with Crippen LogP contribution in [0.15, 0.2) is 54.7 Å². The SMILES string of the molecule is CC(=O)c1ccc(C(=O)N2CCc3c(cnc(C)c3CNC(=O)C=Cc3ccccc3)C2)s1. The van der Waals surface area contributed by atoms with Gasteiger partial charge in [0.15, 0.2) is 5.78 Å². The van der Waals surface area contributed by atoms with Crippen LogP contribution in [0, 0.1) is 6.92 Å². The van der Waals surface area contributed by atoms with Crippen LogP contribution in [0.4, 0.5) is 0 Å². The number of pyridine rings is 1. The van der Waals surface area contributed by atoms with Crippen molar-refractivity contribution in [1.29, 1.82) is 0 Å². The number of amides is 2. The number of carbonyl (C=O) groups excluding carboxylic acids is 3. The second kappa shape index (κ2) is 9.92. The van der Waals surface area contributed by atoms with Crippen LogP contribution < -0.4 is 5.32 Å². The predicted molar refractivity (Wildman–Crippen MR) is 129 cm³/mol. The van der Waals surface area contributed by atoms with Crippen LogP contribution in [0.3, 0.4) is 0 Å². The first-order chi connectivity index (χ1) is 15.9. The monoisotopic (exact) mass is 459 g/mol. The van der Waals surface area contributed by atoms with Gasteiger partial charge in [-0.05, 0) is 60.7 Å². The maximum absolute atomic E-state index is 12.9. The molecule has 3 aromatic rings. The van der Waals surface area contributed by atoms with Gasteiger partial charge in [-0.3, -0.25) is 19.4 Å². The number of fused-ring (bicyclic) bond motifs is 1. The summed E-state index contributed by atoms with van der Waals surface area (Å²) in [7, 11) is 0. The molecule has 4 rings (SSSR count). The van der Waals surface area contributed by atoms with E-state index in [9.17, 15) is 14.4 Å². The zero-order valence-electron chi connectivity index (χ0n) is 18.6. The number of nitrogens with zero attached hydrogens (tertiary/aromatic N) is 2. The fourth-order valence-corrected chi connectivity index (χ4v) is 4.77. The molecular formula is C26H25N3O3S. The Bertz CT molecular complexity index is 1230. The van der Waals surface area contributed by atoms with E-state index in [0.717, 1.165) is 27.9 Å². The minimum atomic E-state index is -0.164. The Hall–Kier alpha value is -3.58. The fraction of sp³-hybridized carbons (Fsp3) is 0.231. The lowest BCUT2D eigenvalue weighted by Gasteiger charge is -2.30. The Balaban J connectivity index is 1.44. The number of hydrogen-bond donors (Lipinski definition) is 1. The van der Waals surface area contributed by atoms with Gasteiger partial charge in [-0.15, -0.1) is 11.3 Å². The van der Waals surface area contributed by atoms with Crippen molar-refractivity contribution < 1.29 is 14.4 Å². The summed E-state index contributed by atoms with van der Waals surface area (Å²) in [5.41, 5.74) is 5.00. The number of Topliss-reactive ketones (excluding diaryl/α,β-unsaturated/α-hetero) is 1. The highest BCUT2D eigenvalue weighted by atomic mass is 32.1. The van der Waals surface area contributed by atoms with E-state index in [4.69, 9.17) is 0 Å². The average Bonchev–Trinajstić information content (AvgIpc) is 3.33. The Labute approximate surface area is 197 Å². The Morgan fingerprint density at radius 1 is 1.12 bits per heavy atom. The van der Waals surface area contributed by atoms with Gasteiger partial charge in [0.2, 0.25) is 5.91 Å². The highest BCUT2D eigenvalue weighted by molar-refractivity contribution is 7.15. The highest BCUT2D eigenvalue weighted by Crippen LogP contribution is 2.26. The molecule has 2 amide bonds. The molecule has 0 spiro atoms. The number of benzene rings is 1. The lowest BCUT2D eigenvalue weighted by atomic mass is 9.94. The first-order valence-corrected chi connectivity index (χ1v) is 11.6. The Morgan fingerprint density at radius 3 is 2.61 bits per heavy atom. The molecule has 0 radical (unpaired) electrons. The topological polar surface area (TPSA) is 79.4 Å². The largest absolute Gasteiger partial charge is 0.348 e. The predicted octanol–water partition coefficient (Wildman–Crippen LogP) is 4.18. The molecule has 1 N–H and O–H groups in total. The third kappa shape index (κ3) is 5.26. The number of aryl methyl sites for hydroxylation is 1. The van der Waals surface area contributed by atoms with E-state index in [2.05, 4.69) is 10.3 Å². The summed E-state index contributed by atoms with van der Waals surface area (Å²) >= 11 is 1.23. The molecule has 2 aromatic heterocycles. The number of thiophene rings is 1. The molecule has 0 fully saturated rings. The van der Waals surface area contributed by atoms with E-state index in [1.165, 1.54) is 24.3 Å². The second-order valence-electron chi connectivity index (χ2n) is 7.98. The van der Waals surface area contributed by atoms with Gasteiger partial charge in [-0.25, -0.2) is 0 Å². The molecule has 3 heterocycles. The average molecular weight is 460 g/mol. The number of rotatable bonds is 6. The maximum atomic E-state index is 12.9. The van der Waals surface area contributed by atoms with Gasteiger partial charge >= 0.3 is 0 Å². The molecule has 0 saturated heterocycles. The van der Waals surface area contributed by atoms with E-state index in [0.29, 0.717) is 35.8 Å². The summed E-state index contributed by atoms with van der Waals surface area (Å²) in [5, 5.41) is 2.96. The molecule has 33 heavy (non-hydrogen) atoms. The quantitative estimate of drug-likeness (QED) is 0.443. The van der Waals surface area contributed by atoms with E-state index >= 15 is 0 Å². The molecule has 168 valence electrons. The van der Waals surface area contributed by atoms with E-state index < -0.39 is 0 Å². The second-order valence-corrected chi connectivity index (χ2v) is 9.07. The summed E-state index contributed by atoms with van der Waals surface area (Å²) < 4.78 is 0. The molecule has 7 heteroatoms. The molecule has 0 saturated carbocycles. The number of nitrogens with one attached hydrogen (secondary N) is 1. The number of carbonyl (C=O) groups is 3. The lowest BCUT2D eigenvalue weighted by molar-refractivity contribution is -0.116. The fourth-order valence-electron chi connectivity index (χ4n) is 3.90. The summed E-state index contributed by atoms with van der Waals surface area (Å²) in [5.74, 6) is -0.268. The van der Waals surface area contributed by atoms with Crippen LogP contribution in [0.2, 0.25) is 0 Å². The smallest absolute Gasteiger partial charge is 0.264 e. The van der Waals surface area contributed by atoms with Crippen LogP contribution in [-0.4, -0.2) is 34.0 Å². The molecule has 1 aliphatic rings. The van der Waals surface area contributed by atoms with Gasteiger partial charge in [0.1, 0.15) is 0 Å². The zero-order valence-corrected chi connectivity index (χ0v) is 19.4. The highest BCUT2D eigenvalue weighted by Gasteiger charge is 2.26. The van der Waals surface area contributed by atoms with Crippen molar-refractivity contribution in [2.24, 2.45) is 0 Å². The van der Waals surface area contributed by atoms with Gasteiger partial charge in [-0.2, -0.15) is 0 Å². The van der Waals surface area contributed by atoms with Crippen LogP contribution in [0.5, 0.6) is 0 Å². The zero-order chi connectivity index (χ0) is 23.4. The Kier molecular flexibility index (Phi) is 6.79. The normalized spacial score (nSPS) is 13.1. The summed E-state index contributed by atoms with van der Waals surface area (Å²) in [4.78, 5) is 44.3. The van der Waals surface area contributed by atoms with Crippen molar-refractivity contribution in [2.75, 3.05) is 6.54 Å². The molecular weight excluding hydrogens is 434 g/mol. The van der Waals surface area contributed by atoms with Crippen molar-refractivity contribution in [2.45, 2.75) is 33.4 Å². The van der Waals surface area contributed by atoms with Gasteiger partial charge in [0.05, 0.1) is 9.75 Å². The number of ketones is 1. The first kappa shape index (κ1) is 22.6. The number of hydrogen-bond acceptors (Lipinski definition) is 5. The summed E-state index contributed by atoms with van der Waals surface area (Å²) in [6, 6.07) is 13.1. The minimum absolute atomic E-state index is 0.0342. The van der Waals surface area contributed by atoms with Gasteiger partial charge in [0.25, 0.3) is 5.91 Å². The minimum Gasteiger partial charge on any atom is -0.348 e. The third-order valence-corrected chi connectivity index (χ3v) is 6.89. The third-order valence-electron chi connectivity index (χ3n) is 5.71. The molecule has 1 aliphatic heterocycles. The maximum Gasteiger partial charge on any atom is 0.264 e. The first-order valence-electron chi connectivity index (χ1n) is 10.8. The van der Waals surface area contributed by atoms with Gasteiger partial charge < -0.3 is 10.2 Å². The van der Waals surface area contributed by atoms with Crippen molar-refractivity contribution in [3.8, 4) is 0 Å². The van der Waals surface area contributed by atoms with Crippen LogP contribution in [0.25, 0.3) is 6.08 Å². The molecule has 6 nitrogen and oxygen atoms in total. The van der Waals surface area contributed by atoms with Crippen molar-refractivity contribution >= 4 is 35.0 Å². The molecule has 0 atom stereocenters. The lowest BCUT2D eigenvalue weighted by Crippen LogP contribution is -2.36. The van der Waals surface area contributed by atoms with Crippen molar-refractivity contribution in [3.05, 3.63) is 92.4 Å². The van der Waals surface area contributed by atoms with Crippen molar-refractivity contribution in [1.82, 2.24) is 15.2 Å². The van der Waals surface area contributed by atoms with E-state index in [1.54, 1.807) is 23.1 Å². The van der Waals surface area contributed by atoms with Gasteiger partial charge in [0, 0.05) is 37.6 Å². The molecule has 1 aromatic carbocycles. The Morgan fingerprint density at radius 2 is 1.88 bits per heavy atom. The summed E-state index contributed by atoms with van der Waals surface area (Å²) in [6.07, 6.45) is 5.83. The van der Waals surface area contributed by atoms with E-state index in [-0.39, 0.29) is 17.6 Å². The van der Waals surface area contributed by atoms with Crippen LogP contribution in [0.1, 0.15) is 54.2 Å². The summed E-state index contributed by atoms with van der Waals surface area (Å²) in [6.45, 7) is 4.87. The van der Waals surface area contributed by atoms with Crippen LogP contribution >= 0.6 is 11.3 Å². The molecule has 0 aliphatic carbocycles. The van der Waals surface area contributed by atoms with Gasteiger partial charge in [-0.1, -0.05) is 30.3 Å².